The first-order chi connectivity index (χ1) is 11.6. The summed E-state index contributed by atoms with van der Waals surface area (Å²) in [4.78, 5) is 13.9. The van der Waals surface area contributed by atoms with Gasteiger partial charge in [0.1, 0.15) is 11.5 Å². The number of hydrogen-bond donors (Lipinski definition) is 0. The Morgan fingerprint density at radius 2 is 1.71 bits per heavy atom. The van der Waals surface area contributed by atoms with Crippen LogP contribution in [-0.4, -0.2) is 37.6 Å². The lowest BCUT2D eigenvalue weighted by Gasteiger charge is -2.19. The SMILES string of the molecule is CCN(CC)C(=O)COc1cc(OC)cc(-c2cccc(C)c2)c1. The Balaban J connectivity index is 2.21. The first kappa shape index (κ1) is 17.9. The number of aryl methyl sites for hydroxylation is 1. The van der Waals surface area contributed by atoms with Gasteiger partial charge in [0.2, 0.25) is 0 Å². The van der Waals surface area contributed by atoms with Crippen molar-refractivity contribution in [3.05, 3.63) is 48.0 Å². The molecule has 0 aliphatic carbocycles. The lowest BCUT2D eigenvalue weighted by Crippen LogP contribution is -2.34. The normalized spacial score (nSPS) is 10.3. The summed E-state index contributed by atoms with van der Waals surface area (Å²) in [7, 11) is 1.63. The minimum absolute atomic E-state index is 0.0140. The van der Waals surface area contributed by atoms with E-state index in [4.69, 9.17) is 9.47 Å². The fourth-order valence-corrected chi connectivity index (χ4v) is 2.58. The molecule has 1 amide bonds. The Morgan fingerprint density at radius 3 is 2.33 bits per heavy atom. The van der Waals surface area contributed by atoms with E-state index in [1.165, 1.54) is 5.56 Å². The molecular weight excluding hydrogens is 302 g/mol. The first-order valence-corrected chi connectivity index (χ1v) is 8.24. The molecular formula is C20H25NO3. The van der Waals surface area contributed by atoms with Crippen LogP contribution in [0.1, 0.15) is 19.4 Å². The molecule has 0 aromatic heterocycles. The fourth-order valence-electron chi connectivity index (χ4n) is 2.58. The van der Waals surface area contributed by atoms with Gasteiger partial charge in [-0.2, -0.15) is 0 Å². The zero-order chi connectivity index (χ0) is 17.5. The molecule has 0 fully saturated rings. The third-order valence-corrected chi connectivity index (χ3v) is 3.95. The number of carbonyl (C=O) groups excluding carboxylic acids is 1. The van der Waals surface area contributed by atoms with Gasteiger partial charge in [-0.15, -0.1) is 0 Å². The van der Waals surface area contributed by atoms with Crippen LogP contribution in [0.3, 0.4) is 0 Å². The van der Waals surface area contributed by atoms with Crippen LogP contribution in [-0.2, 0) is 4.79 Å². The van der Waals surface area contributed by atoms with E-state index >= 15 is 0 Å². The summed E-state index contributed by atoms with van der Waals surface area (Å²) in [6, 6.07) is 13.9. The number of carbonyl (C=O) groups is 1. The Labute approximate surface area is 144 Å². The van der Waals surface area contributed by atoms with Crippen molar-refractivity contribution in [3.63, 3.8) is 0 Å². The van der Waals surface area contributed by atoms with Gasteiger partial charge in [-0.25, -0.2) is 0 Å². The second kappa shape index (κ2) is 8.39. The van der Waals surface area contributed by atoms with Crippen molar-refractivity contribution in [2.45, 2.75) is 20.8 Å². The number of hydrogen-bond acceptors (Lipinski definition) is 3. The van der Waals surface area contributed by atoms with Crippen molar-refractivity contribution in [2.75, 3.05) is 26.8 Å². The monoisotopic (exact) mass is 327 g/mol. The first-order valence-electron chi connectivity index (χ1n) is 8.24. The van der Waals surface area contributed by atoms with E-state index in [-0.39, 0.29) is 12.5 Å². The average molecular weight is 327 g/mol. The third-order valence-electron chi connectivity index (χ3n) is 3.95. The summed E-state index contributed by atoms with van der Waals surface area (Å²) in [5, 5.41) is 0. The maximum absolute atomic E-state index is 12.1. The van der Waals surface area contributed by atoms with Gasteiger partial charge in [0.15, 0.2) is 6.61 Å². The molecule has 2 aromatic carbocycles. The molecule has 0 N–H and O–H groups in total. The van der Waals surface area contributed by atoms with Crippen LogP contribution in [0.2, 0.25) is 0 Å². The van der Waals surface area contributed by atoms with Crippen molar-refractivity contribution < 1.29 is 14.3 Å². The summed E-state index contributed by atoms with van der Waals surface area (Å²) >= 11 is 0. The average Bonchev–Trinajstić information content (AvgIpc) is 2.60. The van der Waals surface area contributed by atoms with E-state index in [1.54, 1.807) is 18.1 Å². The predicted octanol–water partition coefficient (Wildman–Crippen LogP) is 3.92. The van der Waals surface area contributed by atoms with E-state index < -0.39 is 0 Å². The fraction of sp³-hybridized carbons (Fsp3) is 0.350. The third kappa shape index (κ3) is 4.51. The number of benzene rings is 2. The van der Waals surface area contributed by atoms with Crippen LogP contribution >= 0.6 is 0 Å². The van der Waals surface area contributed by atoms with Gasteiger partial charge in [0, 0.05) is 19.2 Å². The molecule has 2 rings (SSSR count). The summed E-state index contributed by atoms with van der Waals surface area (Å²) in [6.45, 7) is 7.38. The number of rotatable bonds is 7. The largest absolute Gasteiger partial charge is 0.497 e. The molecule has 2 aromatic rings. The number of ether oxygens (including phenoxy) is 2. The quantitative estimate of drug-likeness (QED) is 0.774. The van der Waals surface area contributed by atoms with Crippen LogP contribution in [0.25, 0.3) is 11.1 Å². The van der Waals surface area contributed by atoms with Crippen LogP contribution in [0.15, 0.2) is 42.5 Å². The molecule has 0 spiro atoms. The van der Waals surface area contributed by atoms with Gasteiger partial charge < -0.3 is 14.4 Å². The van der Waals surface area contributed by atoms with E-state index in [9.17, 15) is 4.79 Å². The highest BCUT2D eigenvalue weighted by atomic mass is 16.5. The van der Waals surface area contributed by atoms with Gasteiger partial charge >= 0.3 is 0 Å². The van der Waals surface area contributed by atoms with Crippen LogP contribution in [0.4, 0.5) is 0 Å². The Bertz CT molecular complexity index is 693. The molecule has 0 aliphatic heterocycles. The van der Waals surface area contributed by atoms with Crippen molar-refractivity contribution in [3.8, 4) is 22.6 Å². The van der Waals surface area contributed by atoms with Gasteiger partial charge in [-0.05, 0) is 44.0 Å². The van der Waals surface area contributed by atoms with Crippen molar-refractivity contribution in [1.29, 1.82) is 0 Å². The minimum Gasteiger partial charge on any atom is -0.497 e. The lowest BCUT2D eigenvalue weighted by molar-refractivity contribution is -0.132. The highest BCUT2D eigenvalue weighted by Gasteiger charge is 2.11. The smallest absolute Gasteiger partial charge is 0.260 e. The molecule has 0 saturated heterocycles. The van der Waals surface area contributed by atoms with Gasteiger partial charge in [-0.3, -0.25) is 4.79 Å². The number of nitrogens with zero attached hydrogens (tertiary/aromatic N) is 1. The van der Waals surface area contributed by atoms with Gasteiger partial charge in [0.25, 0.3) is 5.91 Å². The van der Waals surface area contributed by atoms with Crippen LogP contribution in [0, 0.1) is 6.92 Å². The highest BCUT2D eigenvalue weighted by molar-refractivity contribution is 5.78. The maximum atomic E-state index is 12.1. The molecule has 0 heterocycles. The molecule has 128 valence electrons. The summed E-state index contributed by atoms with van der Waals surface area (Å²) in [5.74, 6) is 1.32. The predicted molar refractivity (Wildman–Crippen MR) is 96.6 cm³/mol. The molecule has 24 heavy (non-hydrogen) atoms. The highest BCUT2D eigenvalue weighted by Crippen LogP contribution is 2.30. The molecule has 4 nitrogen and oxygen atoms in total. The van der Waals surface area contributed by atoms with Gasteiger partial charge in [0.05, 0.1) is 7.11 Å². The van der Waals surface area contributed by atoms with Crippen LogP contribution in [0.5, 0.6) is 11.5 Å². The maximum Gasteiger partial charge on any atom is 0.260 e. The molecule has 0 aliphatic rings. The van der Waals surface area contributed by atoms with E-state index in [0.717, 1.165) is 11.1 Å². The topological polar surface area (TPSA) is 38.8 Å². The molecule has 0 unspecified atom stereocenters. The zero-order valence-electron chi connectivity index (χ0n) is 14.8. The standard InChI is InChI=1S/C20H25NO3/c1-5-21(6-2)20(22)14-24-19-12-17(11-18(13-19)23-4)16-9-7-8-15(3)10-16/h7-13H,5-6,14H2,1-4H3. The van der Waals surface area contributed by atoms with Crippen molar-refractivity contribution in [2.24, 2.45) is 0 Å². The molecule has 0 bridgehead atoms. The summed E-state index contributed by atoms with van der Waals surface area (Å²) < 4.78 is 11.1. The van der Waals surface area contributed by atoms with E-state index in [0.29, 0.717) is 24.6 Å². The number of amides is 1. The number of likely N-dealkylation sites (N-methyl/N-ethyl adjacent to an activating group) is 1. The van der Waals surface area contributed by atoms with Gasteiger partial charge in [-0.1, -0.05) is 29.8 Å². The number of methoxy groups -OCH3 is 1. The van der Waals surface area contributed by atoms with Crippen molar-refractivity contribution in [1.82, 2.24) is 4.90 Å². The Morgan fingerprint density at radius 1 is 1.00 bits per heavy atom. The summed E-state index contributed by atoms with van der Waals surface area (Å²) in [5.41, 5.74) is 3.28. The molecule has 4 heteroatoms. The molecule has 0 atom stereocenters. The van der Waals surface area contributed by atoms with Crippen molar-refractivity contribution >= 4 is 5.91 Å². The zero-order valence-corrected chi connectivity index (χ0v) is 14.8. The molecule has 0 radical (unpaired) electrons. The second-order valence-electron chi connectivity index (χ2n) is 5.62. The van der Waals surface area contributed by atoms with Crippen LogP contribution < -0.4 is 9.47 Å². The Hall–Kier alpha value is -2.49. The lowest BCUT2D eigenvalue weighted by atomic mass is 10.0. The van der Waals surface area contributed by atoms with E-state index in [1.807, 2.05) is 38.1 Å². The Kier molecular flexibility index (Phi) is 6.24. The van der Waals surface area contributed by atoms with E-state index in [2.05, 4.69) is 19.1 Å². The second-order valence-corrected chi connectivity index (χ2v) is 5.62. The molecule has 0 saturated carbocycles. The minimum atomic E-state index is -0.0140. The summed E-state index contributed by atoms with van der Waals surface area (Å²) in [6.07, 6.45) is 0.